The zero-order valence-electron chi connectivity index (χ0n) is 22.5. The van der Waals surface area contributed by atoms with Crippen molar-refractivity contribution < 1.29 is 27.5 Å². The van der Waals surface area contributed by atoms with Crippen LogP contribution in [0.25, 0.3) is 11.3 Å². The number of ether oxygens (including phenoxy) is 1. The Morgan fingerprint density at radius 1 is 1.20 bits per heavy atom. The first-order chi connectivity index (χ1) is 18.6. The minimum atomic E-state index is -4.45. The Kier molecular flexibility index (Phi) is 6.58. The second kappa shape index (κ2) is 9.56. The van der Waals surface area contributed by atoms with E-state index in [1.54, 1.807) is 21.8 Å². The van der Waals surface area contributed by atoms with Crippen LogP contribution in [0.2, 0.25) is 0 Å². The molecule has 2 aliphatic rings. The van der Waals surface area contributed by atoms with E-state index < -0.39 is 23.2 Å². The first kappa shape index (κ1) is 27.5. The monoisotopic (exact) mass is 559 g/mol. The molecule has 1 aliphatic heterocycles. The van der Waals surface area contributed by atoms with Crippen LogP contribution >= 0.6 is 0 Å². The molecular formula is C27H32F3N7O3. The molecule has 1 aromatic carbocycles. The summed E-state index contributed by atoms with van der Waals surface area (Å²) in [5.74, 6) is -0.592. The lowest BCUT2D eigenvalue weighted by atomic mass is 9.65. The molecule has 1 spiro atoms. The topological polar surface area (TPSA) is 134 Å². The van der Waals surface area contributed by atoms with Crippen LogP contribution in [-0.4, -0.2) is 55.2 Å². The van der Waals surface area contributed by atoms with Gasteiger partial charge in [-0.15, -0.1) is 0 Å². The van der Waals surface area contributed by atoms with E-state index in [1.807, 2.05) is 20.8 Å². The smallest absolute Gasteiger partial charge is 0.416 e. The van der Waals surface area contributed by atoms with Crippen molar-refractivity contribution in [1.29, 1.82) is 0 Å². The van der Waals surface area contributed by atoms with Crippen LogP contribution in [0.1, 0.15) is 67.6 Å². The minimum Gasteiger partial charge on any atom is -0.444 e. The molecule has 0 unspecified atom stereocenters. The third kappa shape index (κ3) is 5.36. The quantitative estimate of drug-likeness (QED) is 0.474. The summed E-state index contributed by atoms with van der Waals surface area (Å²) in [6.45, 7) is 6.78. The zero-order valence-corrected chi connectivity index (χ0v) is 22.5. The second-order valence-electron chi connectivity index (χ2n) is 11.8. The van der Waals surface area contributed by atoms with E-state index in [0.717, 1.165) is 31.4 Å². The van der Waals surface area contributed by atoms with E-state index in [1.165, 1.54) is 16.9 Å². The van der Waals surface area contributed by atoms with Crippen LogP contribution in [-0.2, 0) is 17.5 Å². The van der Waals surface area contributed by atoms with Crippen molar-refractivity contribution in [2.24, 2.45) is 11.1 Å². The number of halogens is 3. The maximum Gasteiger partial charge on any atom is 0.416 e. The van der Waals surface area contributed by atoms with Gasteiger partial charge >= 0.3 is 12.3 Å². The van der Waals surface area contributed by atoms with Crippen molar-refractivity contribution in [1.82, 2.24) is 24.5 Å². The molecule has 10 nitrogen and oxygen atoms in total. The predicted molar refractivity (Wildman–Crippen MR) is 140 cm³/mol. The lowest BCUT2D eigenvalue weighted by Gasteiger charge is -2.45. The third-order valence-corrected chi connectivity index (χ3v) is 7.47. The highest BCUT2D eigenvalue weighted by molar-refractivity contribution is 6.03. The molecule has 2 fully saturated rings. The fraction of sp³-hybridized carbons (Fsp3) is 0.481. The van der Waals surface area contributed by atoms with E-state index in [-0.39, 0.29) is 41.2 Å². The summed E-state index contributed by atoms with van der Waals surface area (Å²) in [4.78, 5) is 26.6. The number of amides is 2. The Hall–Kier alpha value is -4.03. The Morgan fingerprint density at radius 3 is 2.58 bits per heavy atom. The van der Waals surface area contributed by atoms with Gasteiger partial charge < -0.3 is 21.1 Å². The number of nitrogens with two attached hydrogens (primary N) is 2. The summed E-state index contributed by atoms with van der Waals surface area (Å²) >= 11 is 0. The molecule has 0 radical (unpaired) electrons. The standard InChI is InChI=1S/C27H32F3N7O3/c1-25(2,3)40-24(39)35-8-7-26(15-35)10-19(11-26)37-22(31)20(23(32)38)21(34-37)17-12-33-36(14-17)13-16-5-4-6-18(9-16)27(28,29)30/h4-6,9,12,14,19H,7-8,10-11,13,15,31H2,1-3H3,(H2,32,38). The summed E-state index contributed by atoms with van der Waals surface area (Å²) in [5.41, 5.74) is 11.9. The van der Waals surface area contributed by atoms with E-state index in [4.69, 9.17) is 16.2 Å². The number of hydrogen-bond donors (Lipinski definition) is 2. The molecule has 1 saturated heterocycles. The maximum atomic E-state index is 13.1. The Morgan fingerprint density at radius 2 is 1.93 bits per heavy atom. The summed E-state index contributed by atoms with van der Waals surface area (Å²) < 4.78 is 47.9. The number of benzene rings is 1. The van der Waals surface area contributed by atoms with Gasteiger partial charge in [0, 0.05) is 24.8 Å². The largest absolute Gasteiger partial charge is 0.444 e. The SMILES string of the molecule is CC(C)(C)OC(=O)N1CCC2(CC(n3nc(-c4cnn(Cc5cccc(C(F)(F)F)c5)c4)c(C(N)=O)c3N)C2)C1. The van der Waals surface area contributed by atoms with Crippen LogP contribution in [0.15, 0.2) is 36.7 Å². The molecule has 2 amide bonds. The molecule has 0 bridgehead atoms. The number of aromatic nitrogens is 4. The average Bonchev–Trinajstić information content (AvgIpc) is 3.54. The van der Waals surface area contributed by atoms with Gasteiger partial charge in [0.1, 0.15) is 22.7 Å². The Balaban J connectivity index is 1.32. The van der Waals surface area contributed by atoms with Gasteiger partial charge in [-0.2, -0.15) is 23.4 Å². The highest BCUT2D eigenvalue weighted by Crippen LogP contribution is 2.55. The van der Waals surface area contributed by atoms with E-state index in [9.17, 15) is 22.8 Å². The zero-order chi connectivity index (χ0) is 29.0. The van der Waals surface area contributed by atoms with Crippen molar-refractivity contribution in [3.63, 3.8) is 0 Å². The van der Waals surface area contributed by atoms with Crippen molar-refractivity contribution in [2.75, 3.05) is 18.8 Å². The number of hydrogen-bond acceptors (Lipinski definition) is 6. The molecule has 5 rings (SSSR count). The Bertz CT molecular complexity index is 1450. The number of primary amides is 1. The van der Waals surface area contributed by atoms with Gasteiger partial charge in [-0.1, -0.05) is 12.1 Å². The van der Waals surface area contributed by atoms with E-state index >= 15 is 0 Å². The minimum absolute atomic E-state index is 0.0666. The van der Waals surface area contributed by atoms with Crippen LogP contribution in [0.3, 0.4) is 0 Å². The summed E-state index contributed by atoms with van der Waals surface area (Å²) in [6, 6.07) is 4.93. The molecule has 40 heavy (non-hydrogen) atoms. The van der Waals surface area contributed by atoms with Crippen molar-refractivity contribution in [3.8, 4) is 11.3 Å². The van der Waals surface area contributed by atoms with Crippen LogP contribution in [0.5, 0.6) is 0 Å². The number of likely N-dealkylation sites (tertiary alicyclic amines) is 1. The van der Waals surface area contributed by atoms with Gasteiger partial charge in [0.15, 0.2) is 0 Å². The molecule has 13 heteroatoms. The van der Waals surface area contributed by atoms with Crippen LogP contribution in [0.4, 0.5) is 23.8 Å². The first-order valence-corrected chi connectivity index (χ1v) is 13.0. The molecule has 4 N–H and O–H groups in total. The number of anilines is 1. The number of nitrogens with zero attached hydrogens (tertiary/aromatic N) is 5. The number of nitrogen functional groups attached to an aromatic ring is 1. The molecule has 1 saturated carbocycles. The number of carbonyl (C=O) groups excluding carboxylic acids is 2. The number of carbonyl (C=O) groups is 2. The van der Waals surface area contributed by atoms with E-state index in [0.29, 0.717) is 24.2 Å². The first-order valence-electron chi connectivity index (χ1n) is 13.0. The van der Waals surface area contributed by atoms with Gasteiger partial charge in [0.25, 0.3) is 5.91 Å². The van der Waals surface area contributed by atoms with E-state index in [2.05, 4.69) is 10.2 Å². The maximum absolute atomic E-state index is 13.1. The van der Waals surface area contributed by atoms with Crippen molar-refractivity contribution >= 4 is 17.8 Å². The van der Waals surface area contributed by atoms with Gasteiger partial charge in [0.05, 0.1) is 24.3 Å². The molecule has 1 aliphatic carbocycles. The molecular weight excluding hydrogens is 527 g/mol. The summed E-state index contributed by atoms with van der Waals surface area (Å²) in [6.07, 6.45) is 0.586. The average molecular weight is 560 g/mol. The highest BCUT2D eigenvalue weighted by Gasteiger charge is 2.51. The van der Waals surface area contributed by atoms with Gasteiger partial charge in [-0.3, -0.25) is 9.48 Å². The third-order valence-electron chi connectivity index (χ3n) is 7.47. The van der Waals surface area contributed by atoms with Crippen LogP contribution in [0, 0.1) is 5.41 Å². The predicted octanol–water partition coefficient (Wildman–Crippen LogP) is 4.46. The summed E-state index contributed by atoms with van der Waals surface area (Å²) in [7, 11) is 0. The highest BCUT2D eigenvalue weighted by atomic mass is 19.4. The molecule has 2 aromatic heterocycles. The lowest BCUT2D eigenvalue weighted by Crippen LogP contribution is -2.43. The molecule has 3 aromatic rings. The lowest BCUT2D eigenvalue weighted by molar-refractivity contribution is -0.137. The van der Waals surface area contributed by atoms with Gasteiger partial charge in [-0.05, 0) is 63.1 Å². The second-order valence-corrected chi connectivity index (χ2v) is 11.8. The van der Waals surface area contributed by atoms with Crippen molar-refractivity contribution in [3.05, 3.63) is 53.3 Å². The Labute approximate surface area is 229 Å². The summed E-state index contributed by atoms with van der Waals surface area (Å²) in [5, 5.41) is 8.88. The van der Waals surface area contributed by atoms with Gasteiger partial charge in [0.2, 0.25) is 0 Å². The number of alkyl halides is 3. The fourth-order valence-electron chi connectivity index (χ4n) is 5.64. The molecule has 214 valence electrons. The molecule has 0 atom stereocenters. The normalized spacial score (nSPS) is 21.1. The molecule has 3 heterocycles. The fourth-order valence-corrected chi connectivity index (χ4v) is 5.64. The van der Waals surface area contributed by atoms with Crippen molar-refractivity contribution in [2.45, 2.75) is 64.4 Å². The van der Waals surface area contributed by atoms with Crippen LogP contribution < -0.4 is 11.5 Å². The van der Waals surface area contributed by atoms with Gasteiger partial charge in [-0.25, -0.2) is 9.48 Å². The number of rotatable bonds is 5.